The average molecular weight is 319 g/mol. The van der Waals surface area contributed by atoms with Crippen LogP contribution in [0.5, 0.6) is 0 Å². The van der Waals surface area contributed by atoms with Gasteiger partial charge in [-0.1, -0.05) is 13.3 Å². The van der Waals surface area contributed by atoms with Crippen molar-refractivity contribution in [3.05, 3.63) is 42.2 Å². The van der Waals surface area contributed by atoms with Crippen LogP contribution in [0.15, 0.2) is 41.6 Å². The zero-order valence-electron chi connectivity index (χ0n) is 12.8. The van der Waals surface area contributed by atoms with Crippen LogP contribution in [0.4, 0.5) is 5.69 Å². The number of hydrogen-bond donors (Lipinski definition) is 2. The lowest BCUT2D eigenvalue weighted by molar-refractivity contribution is 0.598. The third-order valence-electron chi connectivity index (χ3n) is 3.37. The molecule has 2 aromatic rings. The van der Waals surface area contributed by atoms with Crippen molar-refractivity contribution in [1.82, 2.24) is 4.98 Å². The van der Waals surface area contributed by atoms with Gasteiger partial charge in [-0.2, -0.15) is 0 Å². The van der Waals surface area contributed by atoms with E-state index < -0.39 is 10.0 Å². The Labute approximate surface area is 131 Å². The molecule has 0 bridgehead atoms. The molecule has 1 aromatic carbocycles. The Morgan fingerprint density at radius 2 is 1.91 bits per heavy atom. The summed E-state index contributed by atoms with van der Waals surface area (Å²) in [5.41, 5.74) is 3.01. The molecule has 0 atom stereocenters. The molecule has 0 fully saturated rings. The molecular formula is C16H21N3O2S. The summed E-state index contributed by atoms with van der Waals surface area (Å²) < 4.78 is 24.0. The van der Waals surface area contributed by atoms with Gasteiger partial charge in [0.15, 0.2) is 0 Å². The molecule has 0 amide bonds. The van der Waals surface area contributed by atoms with E-state index in [1.165, 1.54) is 0 Å². The SMILES string of the molecule is CCCCNc1cc(C)cc(S(N)(=O)=O)c1-c1ccncc1. The lowest BCUT2D eigenvalue weighted by Gasteiger charge is -2.17. The van der Waals surface area contributed by atoms with Crippen molar-refractivity contribution in [2.45, 2.75) is 31.6 Å². The fourth-order valence-electron chi connectivity index (χ4n) is 2.33. The van der Waals surface area contributed by atoms with Gasteiger partial charge in [0.1, 0.15) is 0 Å². The molecule has 6 heteroatoms. The molecule has 0 radical (unpaired) electrons. The molecule has 3 N–H and O–H groups in total. The Morgan fingerprint density at radius 3 is 2.50 bits per heavy atom. The number of nitrogens with two attached hydrogens (primary N) is 1. The van der Waals surface area contributed by atoms with Crippen LogP contribution >= 0.6 is 0 Å². The zero-order valence-corrected chi connectivity index (χ0v) is 13.7. The van der Waals surface area contributed by atoms with E-state index in [0.717, 1.165) is 36.2 Å². The summed E-state index contributed by atoms with van der Waals surface area (Å²) in [5, 5.41) is 8.74. The van der Waals surface area contributed by atoms with Gasteiger partial charge >= 0.3 is 0 Å². The molecule has 0 saturated carbocycles. The monoisotopic (exact) mass is 319 g/mol. The first-order valence-electron chi connectivity index (χ1n) is 7.25. The summed E-state index contributed by atoms with van der Waals surface area (Å²) in [5.74, 6) is 0. The van der Waals surface area contributed by atoms with Crippen LogP contribution in [0.25, 0.3) is 11.1 Å². The van der Waals surface area contributed by atoms with Gasteiger partial charge in [-0.3, -0.25) is 4.98 Å². The van der Waals surface area contributed by atoms with Crippen molar-refractivity contribution in [2.75, 3.05) is 11.9 Å². The van der Waals surface area contributed by atoms with Crippen LogP contribution in [-0.2, 0) is 10.0 Å². The van der Waals surface area contributed by atoms with Gasteiger partial charge in [-0.05, 0) is 48.7 Å². The molecule has 5 nitrogen and oxygen atoms in total. The number of aromatic nitrogens is 1. The number of benzene rings is 1. The summed E-state index contributed by atoms with van der Waals surface area (Å²) in [7, 11) is -3.82. The topological polar surface area (TPSA) is 85.1 Å². The highest BCUT2D eigenvalue weighted by atomic mass is 32.2. The second-order valence-corrected chi connectivity index (χ2v) is 6.78. The first-order valence-corrected chi connectivity index (χ1v) is 8.80. The average Bonchev–Trinajstić information content (AvgIpc) is 2.47. The highest BCUT2D eigenvalue weighted by Crippen LogP contribution is 2.35. The molecule has 1 aromatic heterocycles. The number of pyridine rings is 1. The normalized spacial score (nSPS) is 11.4. The van der Waals surface area contributed by atoms with E-state index in [1.807, 2.05) is 13.0 Å². The minimum absolute atomic E-state index is 0.137. The maximum Gasteiger partial charge on any atom is 0.238 e. The first kappa shape index (κ1) is 16.5. The van der Waals surface area contributed by atoms with E-state index in [-0.39, 0.29) is 4.90 Å². The first-order chi connectivity index (χ1) is 10.4. The second-order valence-electron chi connectivity index (χ2n) is 5.25. The van der Waals surface area contributed by atoms with Crippen LogP contribution in [0.3, 0.4) is 0 Å². The Hall–Kier alpha value is -1.92. The quantitative estimate of drug-likeness (QED) is 0.802. The van der Waals surface area contributed by atoms with Gasteiger partial charge in [0.05, 0.1) is 4.90 Å². The largest absolute Gasteiger partial charge is 0.385 e. The Balaban J connectivity index is 2.64. The van der Waals surface area contributed by atoms with E-state index in [4.69, 9.17) is 5.14 Å². The number of primary sulfonamides is 1. The molecule has 1 heterocycles. The molecule has 22 heavy (non-hydrogen) atoms. The van der Waals surface area contributed by atoms with Crippen LogP contribution < -0.4 is 10.5 Å². The van der Waals surface area contributed by atoms with Gasteiger partial charge in [0.25, 0.3) is 0 Å². The van der Waals surface area contributed by atoms with Crippen molar-refractivity contribution in [2.24, 2.45) is 5.14 Å². The Kier molecular flexibility index (Phi) is 5.15. The highest BCUT2D eigenvalue weighted by molar-refractivity contribution is 7.89. The summed E-state index contributed by atoms with van der Waals surface area (Å²) in [4.78, 5) is 4.12. The minimum Gasteiger partial charge on any atom is -0.385 e. The molecule has 0 unspecified atom stereocenters. The zero-order chi connectivity index (χ0) is 16.2. The molecule has 0 aliphatic carbocycles. The number of nitrogens with one attached hydrogen (secondary N) is 1. The van der Waals surface area contributed by atoms with Crippen LogP contribution in [0.1, 0.15) is 25.3 Å². The van der Waals surface area contributed by atoms with E-state index >= 15 is 0 Å². The minimum atomic E-state index is -3.82. The number of unbranched alkanes of at least 4 members (excludes halogenated alkanes) is 1. The molecule has 0 aliphatic heterocycles. The number of sulfonamides is 1. The van der Waals surface area contributed by atoms with Crippen molar-refractivity contribution in [1.29, 1.82) is 0 Å². The number of hydrogen-bond acceptors (Lipinski definition) is 4. The standard InChI is InChI=1S/C16H21N3O2S/c1-3-4-7-19-14-10-12(2)11-15(22(17,20)21)16(14)13-5-8-18-9-6-13/h5-6,8-11,19H,3-4,7H2,1-2H3,(H2,17,20,21). The number of anilines is 1. The summed E-state index contributed by atoms with van der Waals surface area (Å²) in [6, 6.07) is 7.12. The predicted octanol–water partition coefficient (Wildman–Crippen LogP) is 2.92. The number of aryl methyl sites for hydroxylation is 1. The van der Waals surface area contributed by atoms with E-state index in [2.05, 4.69) is 17.2 Å². The summed E-state index contributed by atoms with van der Waals surface area (Å²) in [6.07, 6.45) is 5.34. The van der Waals surface area contributed by atoms with Crippen molar-refractivity contribution >= 4 is 15.7 Å². The molecule has 0 aliphatic rings. The van der Waals surface area contributed by atoms with Crippen molar-refractivity contribution in [3.63, 3.8) is 0 Å². The summed E-state index contributed by atoms with van der Waals surface area (Å²) in [6.45, 7) is 4.75. The molecular weight excluding hydrogens is 298 g/mol. The van der Waals surface area contributed by atoms with Gasteiger partial charge in [0.2, 0.25) is 10.0 Å². The highest BCUT2D eigenvalue weighted by Gasteiger charge is 2.19. The third-order valence-corrected chi connectivity index (χ3v) is 4.30. The molecule has 2 rings (SSSR count). The fraction of sp³-hybridized carbons (Fsp3) is 0.312. The predicted molar refractivity (Wildman–Crippen MR) is 89.2 cm³/mol. The van der Waals surface area contributed by atoms with Crippen LogP contribution in [-0.4, -0.2) is 19.9 Å². The molecule has 118 valence electrons. The molecule has 0 spiro atoms. The van der Waals surface area contributed by atoms with Gasteiger partial charge in [-0.15, -0.1) is 0 Å². The number of rotatable bonds is 6. The van der Waals surface area contributed by atoms with Gasteiger partial charge < -0.3 is 5.32 Å². The summed E-state index contributed by atoms with van der Waals surface area (Å²) >= 11 is 0. The smallest absolute Gasteiger partial charge is 0.238 e. The lowest BCUT2D eigenvalue weighted by atomic mass is 10.0. The maximum atomic E-state index is 12.0. The Bertz CT molecular complexity index is 743. The fourth-order valence-corrected chi connectivity index (χ4v) is 3.20. The number of nitrogens with zero attached hydrogens (tertiary/aromatic N) is 1. The van der Waals surface area contributed by atoms with E-state index in [9.17, 15) is 8.42 Å². The third kappa shape index (κ3) is 3.84. The Morgan fingerprint density at radius 1 is 1.23 bits per heavy atom. The van der Waals surface area contributed by atoms with Crippen LogP contribution in [0.2, 0.25) is 0 Å². The lowest BCUT2D eigenvalue weighted by Crippen LogP contribution is -2.15. The van der Waals surface area contributed by atoms with Crippen molar-refractivity contribution < 1.29 is 8.42 Å². The van der Waals surface area contributed by atoms with Crippen molar-refractivity contribution in [3.8, 4) is 11.1 Å². The van der Waals surface area contributed by atoms with Gasteiger partial charge in [0, 0.05) is 30.2 Å². The second kappa shape index (κ2) is 6.89. The van der Waals surface area contributed by atoms with E-state index in [1.54, 1.807) is 30.6 Å². The van der Waals surface area contributed by atoms with Crippen LogP contribution in [0, 0.1) is 6.92 Å². The maximum absolute atomic E-state index is 12.0. The van der Waals surface area contributed by atoms with E-state index in [0.29, 0.717) is 5.56 Å². The van der Waals surface area contributed by atoms with Gasteiger partial charge in [-0.25, -0.2) is 13.6 Å². The molecule has 0 saturated heterocycles.